The monoisotopic (exact) mass is 259 g/mol. The fourth-order valence-electron chi connectivity index (χ4n) is 2.27. The molecule has 1 aromatic heterocycles. The highest BCUT2D eigenvalue weighted by Gasteiger charge is 2.45. The zero-order valence-electron chi connectivity index (χ0n) is 10.0. The lowest BCUT2D eigenvalue weighted by Crippen LogP contribution is -2.44. The van der Waals surface area contributed by atoms with Crippen LogP contribution in [0.15, 0.2) is 30.3 Å². The predicted molar refractivity (Wildman–Crippen MR) is 68.0 cm³/mol. The highest BCUT2D eigenvalue weighted by atomic mass is 19.3. The van der Waals surface area contributed by atoms with E-state index in [1.165, 1.54) is 0 Å². The largest absolute Gasteiger partial charge is 0.366 e. The van der Waals surface area contributed by atoms with Gasteiger partial charge in [-0.1, -0.05) is 18.2 Å². The number of fused-ring (bicyclic) bond motifs is 1. The van der Waals surface area contributed by atoms with Gasteiger partial charge in [-0.2, -0.15) is 5.26 Å². The van der Waals surface area contributed by atoms with Crippen molar-refractivity contribution < 1.29 is 8.78 Å². The molecule has 3 rings (SSSR count). The van der Waals surface area contributed by atoms with Crippen molar-refractivity contribution in [2.45, 2.75) is 24.8 Å². The summed E-state index contributed by atoms with van der Waals surface area (Å²) in [5.74, 6) is -2.19. The molecule has 19 heavy (non-hydrogen) atoms. The van der Waals surface area contributed by atoms with Crippen LogP contribution in [0, 0.1) is 11.3 Å². The van der Waals surface area contributed by atoms with Gasteiger partial charge < -0.3 is 5.32 Å². The minimum atomic E-state index is -2.58. The van der Waals surface area contributed by atoms with Crippen LogP contribution in [0.25, 0.3) is 10.9 Å². The fourth-order valence-corrected chi connectivity index (χ4v) is 2.27. The Morgan fingerprint density at radius 2 is 2.05 bits per heavy atom. The van der Waals surface area contributed by atoms with Crippen molar-refractivity contribution in [3.05, 3.63) is 35.9 Å². The molecule has 0 saturated heterocycles. The van der Waals surface area contributed by atoms with Gasteiger partial charge in [-0.15, -0.1) is 0 Å². The number of halogens is 2. The number of benzene rings is 1. The van der Waals surface area contributed by atoms with Crippen molar-refractivity contribution in [2.24, 2.45) is 0 Å². The van der Waals surface area contributed by atoms with Crippen LogP contribution in [0.5, 0.6) is 0 Å². The number of nitriles is 1. The van der Waals surface area contributed by atoms with E-state index in [2.05, 4.69) is 10.3 Å². The predicted octanol–water partition coefficient (Wildman–Crippen LogP) is 3.32. The normalized spacial score (nSPS) is 17.7. The summed E-state index contributed by atoms with van der Waals surface area (Å²) in [7, 11) is 0. The number of hydrogen-bond acceptors (Lipinski definition) is 3. The molecule has 0 unspecified atom stereocenters. The summed E-state index contributed by atoms with van der Waals surface area (Å²) >= 11 is 0. The first kappa shape index (κ1) is 11.8. The second-order valence-electron chi connectivity index (χ2n) is 4.79. The number of anilines is 1. The van der Waals surface area contributed by atoms with E-state index in [-0.39, 0.29) is 18.9 Å². The van der Waals surface area contributed by atoms with Gasteiger partial charge in [0.1, 0.15) is 11.9 Å². The lowest BCUT2D eigenvalue weighted by molar-refractivity contribution is -0.0794. The number of nitrogens with zero attached hydrogens (tertiary/aromatic N) is 2. The topological polar surface area (TPSA) is 48.7 Å². The zero-order chi connectivity index (χ0) is 13.5. The third-order valence-corrected chi connectivity index (χ3v) is 3.28. The molecule has 0 radical (unpaired) electrons. The highest BCUT2D eigenvalue weighted by Crippen LogP contribution is 2.39. The van der Waals surface area contributed by atoms with E-state index in [0.717, 1.165) is 10.9 Å². The van der Waals surface area contributed by atoms with Crippen molar-refractivity contribution in [1.29, 1.82) is 5.26 Å². The molecule has 1 saturated carbocycles. The summed E-state index contributed by atoms with van der Waals surface area (Å²) in [6.07, 6.45) is -0.404. The number of aromatic nitrogens is 1. The van der Waals surface area contributed by atoms with E-state index in [1.54, 1.807) is 6.07 Å². The van der Waals surface area contributed by atoms with E-state index in [4.69, 9.17) is 5.26 Å². The molecular weight excluding hydrogens is 248 g/mol. The second kappa shape index (κ2) is 4.16. The lowest BCUT2D eigenvalue weighted by atomic mass is 9.88. The molecule has 0 amide bonds. The van der Waals surface area contributed by atoms with Gasteiger partial charge in [-0.25, -0.2) is 13.8 Å². The molecule has 0 spiro atoms. The Labute approximate surface area is 108 Å². The molecule has 0 aliphatic heterocycles. The summed E-state index contributed by atoms with van der Waals surface area (Å²) in [6.45, 7) is 0. The molecule has 1 N–H and O–H groups in total. The van der Waals surface area contributed by atoms with Crippen molar-refractivity contribution in [2.75, 3.05) is 5.32 Å². The number of hydrogen-bond donors (Lipinski definition) is 1. The van der Waals surface area contributed by atoms with Gasteiger partial charge in [0.05, 0.1) is 11.1 Å². The maximum absolute atomic E-state index is 12.8. The van der Waals surface area contributed by atoms with Crippen LogP contribution in [0.1, 0.15) is 18.4 Å². The zero-order valence-corrected chi connectivity index (χ0v) is 10.0. The number of alkyl halides is 2. The molecule has 3 nitrogen and oxygen atoms in total. The van der Waals surface area contributed by atoms with Crippen molar-refractivity contribution in [1.82, 2.24) is 4.98 Å². The first-order valence-electron chi connectivity index (χ1n) is 6.02. The molecule has 2 aromatic rings. The van der Waals surface area contributed by atoms with Crippen LogP contribution in [0.3, 0.4) is 0 Å². The van der Waals surface area contributed by atoms with Crippen molar-refractivity contribution in [3.63, 3.8) is 0 Å². The number of rotatable bonds is 2. The highest BCUT2D eigenvalue weighted by molar-refractivity contribution is 5.82. The van der Waals surface area contributed by atoms with E-state index < -0.39 is 5.92 Å². The maximum atomic E-state index is 12.8. The van der Waals surface area contributed by atoms with Crippen LogP contribution in [-0.4, -0.2) is 16.9 Å². The Morgan fingerprint density at radius 3 is 2.74 bits per heavy atom. The first-order valence-corrected chi connectivity index (χ1v) is 6.02. The SMILES string of the molecule is N#Cc1cc2ccccc2nc1NC1CC(F)(F)C1. The Morgan fingerprint density at radius 1 is 1.32 bits per heavy atom. The van der Waals surface area contributed by atoms with E-state index in [9.17, 15) is 8.78 Å². The van der Waals surface area contributed by atoms with Gasteiger partial charge in [0.2, 0.25) is 0 Å². The molecule has 1 aliphatic carbocycles. The molecule has 1 heterocycles. The van der Waals surface area contributed by atoms with Gasteiger partial charge in [0.15, 0.2) is 0 Å². The van der Waals surface area contributed by atoms with E-state index in [0.29, 0.717) is 11.4 Å². The summed E-state index contributed by atoms with van der Waals surface area (Å²) in [6, 6.07) is 10.9. The number of pyridine rings is 1. The van der Waals surface area contributed by atoms with Crippen LogP contribution in [0.4, 0.5) is 14.6 Å². The molecule has 1 aromatic carbocycles. The van der Waals surface area contributed by atoms with Crippen molar-refractivity contribution >= 4 is 16.7 Å². The Balaban J connectivity index is 1.92. The maximum Gasteiger partial charge on any atom is 0.252 e. The molecule has 0 atom stereocenters. The summed E-state index contributed by atoms with van der Waals surface area (Å²) in [4.78, 5) is 4.34. The third-order valence-electron chi connectivity index (χ3n) is 3.28. The van der Waals surface area contributed by atoms with Crippen LogP contribution in [0.2, 0.25) is 0 Å². The van der Waals surface area contributed by atoms with Gasteiger partial charge in [-0.05, 0) is 12.1 Å². The molecule has 1 aliphatic rings. The van der Waals surface area contributed by atoms with Gasteiger partial charge in [-0.3, -0.25) is 0 Å². The van der Waals surface area contributed by atoms with E-state index in [1.807, 2.05) is 30.3 Å². The Hall–Kier alpha value is -2.22. The third kappa shape index (κ3) is 2.22. The second-order valence-corrected chi connectivity index (χ2v) is 4.79. The van der Waals surface area contributed by atoms with Crippen molar-refractivity contribution in [3.8, 4) is 6.07 Å². The first-order chi connectivity index (χ1) is 9.07. The number of nitrogens with one attached hydrogen (secondary N) is 1. The number of para-hydroxylation sites is 1. The van der Waals surface area contributed by atoms with Gasteiger partial charge in [0, 0.05) is 24.3 Å². The summed E-state index contributed by atoms with van der Waals surface area (Å²) < 4.78 is 25.6. The van der Waals surface area contributed by atoms with Gasteiger partial charge >= 0.3 is 0 Å². The lowest BCUT2D eigenvalue weighted by Gasteiger charge is -2.35. The smallest absolute Gasteiger partial charge is 0.252 e. The Bertz CT molecular complexity index is 668. The molecule has 0 bridgehead atoms. The minimum absolute atomic E-state index is 0.202. The van der Waals surface area contributed by atoms with Crippen LogP contribution >= 0.6 is 0 Å². The Kier molecular flexibility index (Phi) is 2.59. The average molecular weight is 259 g/mol. The summed E-state index contributed by atoms with van der Waals surface area (Å²) in [5, 5.41) is 12.9. The minimum Gasteiger partial charge on any atom is -0.366 e. The van der Waals surface area contributed by atoms with E-state index >= 15 is 0 Å². The van der Waals surface area contributed by atoms with Gasteiger partial charge in [0.25, 0.3) is 5.92 Å². The fraction of sp³-hybridized carbons (Fsp3) is 0.286. The standard InChI is InChI=1S/C14H11F2N3/c15-14(16)6-11(7-14)18-13-10(8-17)5-9-3-1-2-4-12(9)19-13/h1-5,11H,6-7H2,(H,18,19). The molecule has 1 fully saturated rings. The summed E-state index contributed by atoms with van der Waals surface area (Å²) in [5.41, 5.74) is 1.13. The van der Waals surface area contributed by atoms with Crippen LogP contribution < -0.4 is 5.32 Å². The molecule has 5 heteroatoms. The van der Waals surface area contributed by atoms with Crippen LogP contribution in [-0.2, 0) is 0 Å². The quantitative estimate of drug-likeness (QED) is 0.900. The average Bonchev–Trinajstić information content (AvgIpc) is 2.35. The molecule has 96 valence electrons. The molecular formula is C14H11F2N3.